The van der Waals surface area contributed by atoms with Gasteiger partial charge >= 0.3 is 5.97 Å². The van der Waals surface area contributed by atoms with Crippen molar-refractivity contribution in [3.05, 3.63) is 84.8 Å². The number of rotatable bonds is 5. The molecule has 1 saturated heterocycles. The molecule has 0 unspecified atom stereocenters. The Labute approximate surface area is 237 Å². The van der Waals surface area contributed by atoms with Crippen LogP contribution >= 0.6 is 0 Å². The summed E-state index contributed by atoms with van der Waals surface area (Å²) in [7, 11) is 0. The van der Waals surface area contributed by atoms with Gasteiger partial charge < -0.3 is 25.4 Å². The molecule has 3 aromatic heterocycles. The number of carbonyl (C=O) groups excluding carboxylic acids is 2. The number of Topliss-reactive ketones (excluding diaryl/α,β-unsaturated/α-hetero) is 1. The van der Waals surface area contributed by atoms with E-state index in [-0.39, 0.29) is 11.8 Å². The fourth-order valence-corrected chi connectivity index (χ4v) is 7.00. The smallest absolute Gasteiger partial charge is 0.319 e. The Bertz CT molecular complexity index is 1870. The Morgan fingerprint density at radius 2 is 1.71 bits per heavy atom. The third kappa shape index (κ3) is 3.70. The molecule has 41 heavy (non-hydrogen) atoms. The van der Waals surface area contributed by atoms with E-state index in [4.69, 9.17) is 0 Å². The molecule has 8 nitrogen and oxygen atoms in total. The molecule has 3 atom stereocenters. The Morgan fingerprint density at radius 3 is 2.34 bits per heavy atom. The Kier molecular flexibility index (Phi) is 6.17. The molecule has 0 amide bonds. The van der Waals surface area contributed by atoms with Crippen molar-refractivity contribution < 1.29 is 19.5 Å². The molecule has 2 aliphatic heterocycles. The van der Waals surface area contributed by atoms with Crippen LogP contribution in [-0.4, -0.2) is 38.1 Å². The molecule has 1 aliphatic carbocycles. The number of hydrogen-bond acceptors (Lipinski definition) is 4. The topological polar surface area (TPSA) is 131 Å². The lowest BCUT2D eigenvalue weighted by molar-refractivity contribution is -0.138. The van der Waals surface area contributed by atoms with Crippen LogP contribution in [0.4, 0.5) is 0 Å². The van der Waals surface area contributed by atoms with Crippen LogP contribution in [0.3, 0.4) is 0 Å². The molecule has 8 heteroatoms. The first-order chi connectivity index (χ1) is 19.6. The van der Waals surface area contributed by atoms with Gasteiger partial charge in [-0.25, -0.2) is 0 Å². The number of aromatic amines is 3. The molecule has 0 spiro atoms. The van der Waals surface area contributed by atoms with E-state index in [1.165, 1.54) is 0 Å². The van der Waals surface area contributed by atoms with E-state index in [0.29, 0.717) is 45.4 Å². The summed E-state index contributed by atoms with van der Waals surface area (Å²) in [6.45, 7) is 14.1. The van der Waals surface area contributed by atoms with Crippen LogP contribution in [-0.2, 0) is 11.2 Å². The molecule has 0 aromatic carbocycles. The van der Waals surface area contributed by atoms with Gasteiger partial charge in [0.25, 0.3) is 0 Å². The highest BCUT2D eigenvalue weighted by Gasteiger charge is 2.47. The number of nitrogens with one attached hydrogen (secondary N) is 4. The maximum atomic E-state index is 13.7. The molecule has 5 heterocycles. The van der Waals surface area contributed by atoms with Crippen molar-refractivity contribution in [3.63, 3.8) is 0 Å². The summed E-state index contributed by atoms with van der Waals surface area (Å²) in [5.74, 6) is -2.77. The van der Waals surface area contributed by atoms with Gasteiger partial charge in [0, 0.05) is 67.9 Å². The van der Waals surface area contributed by atoms with E-state index in [2.05, 4.69) is 46.8 Å². The average molecular weight is 551 g/mol. The highest BCUT2D eigenvalue weighted by atomic mass is 16.4. The van der Waals surface area contributed by atoms with Gasteiger partial charge in [0.1, 0.15) is 5.92 Å². The summed E-state index contributed by atoms with van der Waals surface area (Å²) in [4.78, 5) is 49.0. The van der Waals surface area contributed by atoms with E-state index in [9.17, 15) is 19.5 Å². The van der Waals surface area contributed by atoms with Crippen LogP contribution in [0.1, 0.15) is 92.9 Å². The summed E-state index contributed by atoms with van der Waals surface area (Å²) in [5, 5.41) is 15.3. The summed E-state index contributed by atoms with van der Waals surface area (Å²) in [6, 6.07) is 0. The number of hydrogen-bond donors (Lipinski definition) is 5. The number of aromatic nitrogens is 3. The zero-order valence-corrected chi connectivity index (χ0v) is 23.9. The minimum atomic E-state index is -1.28. The second-order valence-corrected chi connectivity index (χ2v) is 11.2. The lowest BCUT2D eigenvalue weighted by atomic mass is 9.86. The molecule has 210 valence electrons. The van der Waals surface area contributed by atoms with E-state index in [1.54, 1.807) is 0 Å². The molecule has 0 saturated carbocycles. The molecule has 8 bridgehead atoms. The molecular weight excluding hydrogens is 516 g/mol. The number of aldehydes is 1. The number of ketones is 1. The summed E-state index contributed by atoms with van der Waals surface area (Å²) < 4.78 is 0. The first-order valence-electron chi connectivity index (χ1n) is 14.1. The normalized spacial score (nSPS) is 25.5. The predicted octanol–water partition coefficient (Wildman–Crippen LogP) is 4.19. The summed E-state index contributed by atoms with van der Waals surface area (Å²) in [6.07, 6.45) is 10.0. The number of carboxylic acids is 1. The van der Waals surface area contributed by atoms with Crippen molar-refractivity contribution in [3.8, 4) is 0 Å². The van der Waals surface area contributed by atoms with Crippen molar-refractivity contribution in [1.29, 1.82) is 0 Å². The zero-order chi connectivity index (χ0) is 29.3. The van der Waals surface area contributed by atoms with Crippen LogP contribution in [0, 0.1) is 31.6 Å². The fourth-order valence-electron chi connectivity index (χ4n) is 7.00. The van der Waals surface area contributed by atoms with Crippen LogP contribution in [0.25, 0.3) is 29.9 Å². The van der Waals surface area contributed by atoms with Crippen molar-refractivity contribution in [2.24, 2.45) is 17.8 Å². The van der Waals surface area contributed by atoms with Gasteiger partial charge in [-0.2, -0.15) is 0 Å². The highest BCUT2D eigenvalue weighted by molar-refractivity contribution is 6.24. The van der Waals surface area contributed by atoms with E-state index < -0.39 is 17.7 Å². The van der Waals surface area contributed by atoms with Gasteiger partial charge in [0.05, 0.1) is 11.0 Å². The monoisotopic (exact) mass is 550 g/mol. The number of carboxylic acid groups (broad SMARTS) is 1. The van der Waals surface area contributed by atoms with Crippen LogP contribution in [0.15, 0.2) is 18.0 Å². The summed E-state index contributed by atoms with van der Waals surface area (Å²) >= 11 is 0. The van der Waals surface area contributed by atoms with Gasteiger partial charge in [-0.3, -0.25) is 14.4 Å². The first-order valence-corrected chi connectivity index (χ1v) is 14.1. The van der Waals surface area contributed by atoms with E-state index in [1.807, 2.05) is 39.0 Å². The summed E-state index contributed by atoms with van der Waals surface area (Å²) in [5.41, 5.74) is 9.74. The number of fused-ring (bicyclic) bond motifs is 7. The van der Waals surface area contributed by atoms with Crippen molar-refractivity contribution in [1.82, 2.24) is 20.3 Å². The lowest BCUT2D eigenvalue weighted by Gasteiger charge is -2.17. The quantitative estimate of drug-likeness (QED) is 0.240. The molecule has 0 radical (unpaired) electrons. The average Bonchev–Trinajstić information content (AvgIpc) is 3.68. The van der Waals surface area contributed by atoms with Crippen LogP contribution < -0.4 is 16.0 Å². The van der Waals surface area contributed by atoms with E-state index in [0.717, 1.165) is 57.5 Å². The Morgan fingerprint density at radius 1 is 1.00 bits per heavy atom. The maximum absolute atomic E-state index is 13.7. The standard InChI is InChI=1S/C33H34N4O4/c1-7-17-14(4)21-10-22-15(5)18(8-2)30(36-22)28-29(33(40)41)32(39)27-16(6)23(37-31(27)28)11-25-19(9-3)20(13-38)26(35-25)12-24(17)34-21/h7,10-13,15,18,29,34-37H,1,8-9H2,2-6H3,(H,40,41)/b22-10-,25-11-,26-12-,30-28-/t15-,18-,29+/m0/s1. The van der Waals surface area contributed by atoms with E-state index >= 15 is 0 Å². The van der Waals surface area contributed by atoms with Gasteiger partial charge in [-0.15, -0.1) is 0 Å². The molecule has 3 aliphatic rings. The Balaban J connectivity index is 1.78. The highest BCUT2D eigenvalue weighted by Crippen LogP contribution is 2.47. The Hall–Kier alpha value is -4.59. The van der Waals surface area contributed by atoms with Crippen molar-refractivity contribution in [2.45, 2.75) is 47.5 Å². The minimum Gasteiger partial charge on any atom is -0.480 e. The number of carbonyl (C=O) groups is 3. The number of allylic oxidation sites excluding steroid dienone is 2. The third-order valence-electron chi connectivity index (χ3n) is 9.21. The number of H-pyrrole nitrogens is 3. The second-order valence-electron chi connectivity index (χ2n) is 11.2. The lowest BCUT2D eigenvalue weighted by Crippen LogP contribution is -2.23. The fraction of sp³-hybridized carbons (Fsp3) is 0.303. The van der Waals surface area contributed by atoms with Gasteiger partial charge in [0.15, 0.2) is 12.1 Å². The largest absolute Gasteiger partial charge is 0.480 e. The maximum Gasteiger partial charge on any atom is 0.319 e. The molecule has 6 rings (SSSR count). The first kappa shape index (κ1) is 26.6. The zero-order valence-electron chi connectivity index (χ0n) is 23.9. The second kappa shape index (κ2) is 9.51. The van der Waals surface area contributed by atoms with Gasteiger partial charge in [-0.1, -0.05) is 33.4 Å². The van der Waals surface area contributed by atoms with Gasteiger partial charge in [0.2, 0.25) is 0 Å². The van der Waals surface area contributed by atoms with Crippen molar-refractivity contribution in [2.75, 3.05) is 0 Å². The molecule has 1 fully saturated rings. The van der Waals surface area contributed by atoms with Crippen molar-refractivity contribution >= 4 is 47.9 Å². The number of aliphatic carboxylic acids is 1. The van der Waals surface area contributed by atoms with Crippen LogP contribution in [0.2, 0.25) is 0 Å². The molecule has 5 N–H and O–H groups in total. The minimum absolute atomic E-state index is 0.0103. The van der Waals surface area contributed by atoms with Gasteiger partial charge in [-0.05, 0) is 61.6 Å². The predicted molar refractivity (Wildman–Crippen MR) is 160 cm³/mol. The molecular formula is C33H34N4O4. The van der Waals surface area contributed by atoms with Crippen LogP contribution in [0.5, 0.6) is 0 Å². The SMILES string of the molecule is C=Cc1c2[nH]c(c1C)/C=C1\N/C(=C3\c4[nH]c(c(C)c4C(=O)[C@@H]3C(=O)O)/C=c3\[nH]/c(c(C=O)c3CC)=C\2)[C@@H](CC)[C@@H]1C. The third-order valence-corrected chi connectivity index (χ3v) is 9.21. The molecule has 3 aromatic rings.